The highest BCUT2D eigenvalue weighted by atomic mass is 31.2. The molecule has 0 bridgehead atoms. The van der Waals surface area contributed by atoms with Crippen LogP contribution in [-0.2, 0) is 14.2 Å². The van der Waals surface area contributed by atoms with Crippen molar-refractivity contribution in [3.05, 3.63) is 0 Å². The molecule has 1 amide bonds. The van der Waals surface area contributed by atoms with Crippen molar-refractivity contribution in [1.82, 2.24) is 5.32 Å². The van der Waals surface area contributed by atoms with Crippen molar-refractivity contribution in [1.29, 1.82) is 0 Å². The molecule has 1 rings (SSSR count). The standard InChI is InChI=1S/C13H24NO6P/c15-12(16)6-7-14-13(17)11(9-21(18,19)20)8-10-4-2-1-3-5-10/h10-11H,1-9H2,(H,14,17)(H,15,16)(H2,18,19,20). The number of nitrogens with one attached hydrogen (secondary N) is 1. The van der Waals surface area contributed by atoms with Crippen molar-refractivity contribution >= 4 is 19.5 Å². The molecule has 1 aliphatic rings. The third kappa shape index (κ3) is 8.19. The molecule has 0 heterocycles. The maximum absolute atomic E-state index is 12.0. The Morgan fingerprint density at radius 2 is 1.81 bits per heavy atom. The number of hydrogen-bond donors (Lipinski definition) is 4. The molecule has 0 saturated heterocycles. The summed E-state index contributed by atoms with van der Waals surface area (Å²) in [5.41, 5.74) is 0. The van der Waals surface area contributed by atoms with E-state index in [2.05, 4.69) is 5.32 Å². The van der Waals surface area contributed by atoms with E-state index in [4.69, 9.17) is 14.9 Å². The first kappa shape index (κ1) is 18.1. The van der Waals surface area contributed by atoms with Gasteiger partial charge < -0.3 is 20.2 Å². The number of carbonyl (C=O) groups is 2. The van der Waals surface area contributed by atoms with E-state index in [1.165, 1.54) is 6.42 Å². The lowest BCUT2D eigenvalue weighted by Gasteiger charge is -2.26. The van der Waals surface area contributed by atoms with Gasteiger partial charge in [-0.2, -0.15) is 0 Å². The molecule has 7 nitrogen and oxygen atoms in total. The monoisotopic (exact) mass is 321 g/mol. The van der Waals surface area contributed by atoms with Crippen LogP contribution < -0.4 is 5.32 Å². The van der Waals surface area contributed by atoms with E-state index >= 15 is 0 Å². The van der Waals surface area contributed by atoms with Crippen molar-refractivity contribution in [2.75, 3.05) is 12.7 Å². The van der Waals surface area contributed by atoms with Crippen LogP contribution in [0.2, 0.25) is 0 Å². The second-order valence-corrected chi connectivity index (χ2v) is 7.41. The van der Waals surface area contributed by atoms with E-state index in [-0.39, 0.29) is 13.0 Å². The first-order valence-electron chi connectivity index (χ1n) is 7.32. The van der Waals surface area contributed by atoms with E-state index < -0.39 is 31.6 Å². The Balaban J connectivity index is 2.55. The summed E-state index contributed by atoms with van der Waals surface area (Å²) in [5, 5.41) is 11.0. The van der Waals surface area contributed by atoms with Crippen molar-refractivity contribution in [2.45, 2.75) is 44.9 Å². The van der Waals surface area contributed by atoms with E-state index in [0.29, 0.717) is 12.3 Å². The Morgan fingerprint density at radius 3 is 2.33 bits per heavy atom. The van der Waals surface area contributed by atoms with Gasteiger partial charge in [0.2, 0.25) is 5.91 Å². The molecule has 0 aromatic heterocycles. The molecule has 1 saturated carbocycles. The van der Waals surface area contributed by atoms with Crippen molar-refractivity contribution in [3.63, 3.8) is 0 Å². The predicted octanol–water partition coefficient (Wildman–Crippen LogP) is 1.34. The summed E-state index contributed by atoms with van der Waals surface area (Å²) in [6.07, 6.45) is 5.12. The van der Waals surface area contributed by atoms with Crippen molar-refractivity contribution in [3.8, 4) is 0 Å². The molecule has 1 unspecified atom stereocenters. The Labute approximate surface area is 124 Å². The normalized spacial score (nSPS) is 18.2. The lowest BCUT2D eigenvalue weighted by Crippen LogP contribution is -2.35. The largest absolute Gasteiger partial charge is 0.481 e. The van der Waals surface area contributed by atoms with Crippen LogP contribution in [0, 0.1) is 11.8 Å². The maximum atomic E-state index is 12.0. The fraction of sp³-hybridized carbons (Fsp3) is 0.846. The Bertz CT molecular complexity index is 401. The molecular weight excluding hydrogens is 297 g/mol. The molecule has 0 aliphatic heterocycles. The van der Waals surface area contributed by atoms with Crippen molar-refractivity contribution in [2.24, 2.45) is 11.8 Å². The van der Waals surface area contributed by atoms with Crippen LogP contribution >= 0.6 is 7.60 Å². The number of carbonyl (C=O) groups excluding carboxylic acids is 1. The van der Waals surface area contributed by atoms with Crippen LogP contribution in [-0.4, -0.2) is 39.5 Å². The van der Waals surface area contributed by atoms with Crippen LogP contribution in [0.4, 0.5) is 0 Å². The SMILES string of the molecule is O=C(O)CCNC(=O)C(CC1CCCCC1)CP(=O)(O)O. The van der Waals surface area contributed by atoms with E-state index in [1.807, 2.05) is 0 Å². The molecule has 1 fully saturated rings. The van der Waals surface area contributed by atoms with Gasteiger partial charge in [-0.3, -0.25) is 14.2 Å². The molecule has 4 N–H and O–H groups in total. The van der Waals surface area contributed by atoms with Crippen LogP contribution in [0.15, 0.2) is 0 Å². The molecule has 1 atom stereocenters. The molecule has 1 aliphatic carbocycles. The molecule has 0 spiro atoms. The number of carboxylic acids is 1. The van der Waals surface area contributed by atoms with Gasteiger partial charge in [-0.25, -0.2) is 0 Å². The Hall–Kier alpha value is -0.910. The highest BCUT2D eigenvalue weighted by Crippen LogP contribution is 2.40. The maximum Gasteiger partial charge on any atom is 0.326 e. The summed E-state index contributed by atoms with van der Waals surface area (Å²) in [7, 11) is -4.27. The lowest BCUT2D eigenvalue weighted by molar-refractivity contribution is -0.137. The highest BCUT2D eigenvalue weighted by Gasteiger charge is 2.30. The fourth-order valence-electron chi connectivity index (χ4n) is 2.81. The van der Waals surface area contributed by atoms with Gasteiger partial charge in [0, 0.05) is 12.5 Å². The van der Waals surface area contributed by atoms with Gasteiger partial charge in [0.15, 0.2) is 0 Å². The molecule has 21 heavy (non-hydrogen) atoms. The van der Waals surface area contributed by atoms with Crippen LogP contribution in [0.5, 0.6) is 0 Å². The first-order valence-corrected chi connectivity index (χ1v) is 9.12. The topological polar surface area (TPSA) is 124 Å². The zero-order chi connectivity index (χ0) is 15.9. The third-order valence-corrected chi connectivity index (χ3v) is 4.73. The van der Waals surface area contributed by atoms with Gasteiger partial charge in [0.25, 0.3) is 0 Å². The molecular formula is C13H24NO6P. The average Bonchev–Trinajstić information content (AvgIpc) is 2.37. The molecule has 0 aromatic carbocycles. The molecule has 8 heteroatoms. The Morgan fingerprint density at radius 1 is 1.19 bits per heavy atom. The quantitative estimate of drug-likeness (QED) is 0.500. The number of amides is 1. The van der Waals surface area contributed by atoms with Crippen LogP contribution in [0.25, 0.3) is 0 Å². The average molecular weight is 321 g/mol. The minimum Gasteiger partial charge on any atom is -0.481 e. The summed E-state index contributed by atoms with van der Waals surface area (Å²) in [4.78, 5) is 40.7. The van der Waals surface area contributed by atoms with Gasteiger partial charge >= 0.3 is 13.6 Å². The summed E-state index contributed by atoms with van der Waals surface area (Å²) in [5.74, 6) is -1.90. The van der Waals surface area contributed by atoms with Crippen molar-refractivity contribution < 1.29 is 29.0 Å². The number of aliphatic carboxylic acids is 1. The van der Waals surface area contributed by atoms with E-state index in [1.54, 1.807) is 0 Å². The molecule has 0 aromatic rings. The molecule has 0 radical (unpaired) electrons. The summed E-state index contributed by atoms with van der Waals surface area (Å²) in [6, 6.07) is 0. The van der Waals surface area contributed by atoms with Crippen LogP contribution in [0.3, 0.4) is 0 Å². The van der Waals surface area contributed by atoms with Gasteiger partial charge in [0.05, 0.1) is 12.6 Å². The van der Waals surface area contributed by atoms with Gasteiger partial charge in [-0.05, 0) is 12.3 Å². The van der Waals surface area contributed by atoms with Crippen LogP contribution in [0.1, 0.15) is 44.9 Å². The lowest BCUT2D eigenvalue weighted by atomic mass is 9.83. The first-order chi connectivity index (χ1) is 9.78. The van der Waals surface area contributed by atoms with E-state index in [9.17, 15) is 14.2 Å². The highest BCUT2D eigenvalue weighted by molar-refractivity contribution is 7.51. The van der Waals surface area contributed by atoms with Gasteiger partial charge in [-0.15, -0.1) is 0 Å². The third-order valence-electron chi connectivity index (χ3n) is 3.81. The van der Waals surface area contributed by atoms with E-state index in [0.717, 1.165) is 25.7 Å². The predicted molar refractivity (Wildman–Crippen MR) is 76.9 cm³/mol. The smallest absolute Gasteiger partial charge is 0.326 e. The number of rotatable bonds is 8. The van der Waals surface area contributed by atoms with Gasteiger partial charge in [-0.1, -0.05) is 32.1 Å². The minimum absolute atomic E-state index is 0.0174. The zero-order valence-electron chi connectivity index (χ0n) is 12.0. The fourth-order valence-corrected chi connectivity index (χ4v) is 3.70. The molecule has 122 valence electrons. The zero-order valence-corrected chi connectivity index (χ0v) is 12.9. The Kier molecular flexibility index (Phi) is 7.35. The second kappa shape index (κ2) is 8.51. The summed E-state index contributed by atoms with van der Waals surface area (Å²) < 4.78 is 11.2. The summed E-state index contributed by atoms with van der Waals surface area (Å²) in [6.45, 7) is -0.0174. The second-order valence-electron chi connectivity index (χ2n) is 5.72. The minimum atomic E-state index is -4.27. The number of carboxylic acid groups (broad SMARTS) is 1. The number of hydrogen-bond acceptors (Lipinski definition) is 3. The van der Waals surface area contributed by atoms with Gasteiger partial charge in [0.1, 0.15) is 0 Å². The summed E-state index contributed by atoms with van der Waals surface area (Å²) >= 11 is 0.